The number of anilines is 1. The Bertz CT molecular complexity index is 464. The predicted octanol–water partition coefficient (Wildman–Crippen LogP) is 3.85. The number of hydrogen-bond acceptors (Lipinski definition) is 3. The van der Waals surface area contributed by atoms with Crippen LogP contribution in [-0.2, 0) is 0 Å². The lowest BCUT2D eigenvalue weighted by atomic mass is 9.95. The SMILES string of the molecule is CCCC1CC2(CC2CCC)C(O)C1Nc1ccccn1. The third kappa shape index (κ3) is 2.68. The van der Waals surface area contributed by atoms with Gasteiger partial charge < -0.3 is 10.4 Å². The Hall–Kier alpha value is -1.09. The molecule has 116 valence electrons. The van der Waals surface area contributed by atoms with Crippen LogP contribution >= 0.6 is 0 Å². The highest BCUT2D eigenvalue weighted by atomic mass is 16.3. The summed E-state index contributed by atoms with van der Waals surface area (Å²) in [7, 11) is 0. The summed E-state index contributed by atoms with van der Waals surface area (Å²) >= 11 is 0. The molecule has 0 aliphatic heterocycles. The maximum absolute atomic E-state index is 10.9. The molecule has 0 radical (unpaired) electrons. The van der Waals surface area contributed by atoms with Crippen LogP contribution in [0.2, 0.25) is 0 Å². The summed E-state index contributed by atoms with van der Waals surface area (Å²) < 4.78 is 0. The fourth-order valence-corrected chi connectivity index (χ4v) is 4.57. The molecular formula is C18H28N2O. The normalized spacial score (nSPS) is 37.9. The van der Waals surface area contributed by atoms with Gasteiger partial charge in [-0.25, -0.2) is 4.98 Å². The molecule has 2 saturated carbocycles. The average molecular weight is 288 g/mol. The van der Waals surface area contributed by atoms with Crippen LogP contribution in [0.3, 0.4) is 0 Å². The van der Waals surface area contributed by atoms with E-state index in [2.05, 4.69) is 24.1 Å². The number of aliphatic hydroxyl groups excluding tert-OH is 1. The molecule has 2 aliphatic carbocycles. The molecular weight excluding hydrogens is 260 g/mol. The fourth-order valence-electron chi connectivity index (χ4n) is 4.57. The Morgan fingerprint density at radius 3 is 2.71 bits per heavy atom. The first-order chi connectivity index (χ1) is 10.2. The van der Waals surface area contributed by atoms with E-state index in [1.54, 1.807) is 0 Å². The van der Waals surface area contributed by atoms with Crippen LogP contribution in [0, 0.1) is 17.3 Å². The van der Waals surface area contributed by atoms with E-state index >= 15 is 0 Å². The largest absolute Gasteiger partial charge is 0.390 e. The summed E-state index contributed by atoms with van der Waals surface area (Å²) in [5.41, 5.74) is 0.211. The number of pyridine rings is 1. The minimum absolute atomic E-state index is 0.168. The molecule has 0 bridgehead atoms. The molecule has 2 aliphatic rings. The van der Waals surface area contributed by atoms with Crippen molar-refractivity contribution in [2.45, 2.75) is 64.5 Å². The molecule has 1 aromatic heterocycles. The molecule has 2 fully saturated rings. The lowest BCUT2D eigenvalue weighted by molar-refractivity contribution is 0.0988. The molecule has 3 heteroatoms. The first-order valence-electron chi connectivity index (χ1n) is 8.57. The van der Waals surface area contributed by atoms with Crippen molar-refractivity contribution in [3.05, 3.63) is 24.4 Å². The number of hydrogen-bond donors (Lipinski definition) is 2. The quantitative estimate of drug-likeness (QED) is 0.835. The zero-order valence-electron chi connectivity index (χ0n) is 13.3. The lowest BCUT2D eigenvalue weighted by Gasteiger charge is -2.25. The summed E-state index contributed by atoms with van der Waals surface area (Å²) in [4.78, 5) is 4.37. The highest BCUT2D eigenvalue weighted by Gasteiger charge is 2.65. The summed E-state index contributed by atoms with van der Waals surface area (Å²) in [5, 5.41) is 14.5. The summed E-state index contributed by atoms with van der Waals surface area (Å²) in [6.45, 7) is 4.49. The third-order valence-corrected chi connectivity index (χ3v) is 5.63. The van der Waals surface area contributed by atoms with Gasteiger partial charge in [0.15, 0.2) is 0 Å². The van der Waals surface area contributed by atoms with Crippen LogP contribution in [0.5, 0.6) is 0 Å². The molecule has 5 atom stereocenters. The van der Waals surface area contributed by atoms with Gasteiger partial charge in [-0.05, 0) is 43.2 Å². The Kier molecular flexibility index (Phi) is 4.21. The number of nitrogens with zero attached hydrogens (tertiary/aromatic N) is 1. The van der Waals surface area contributed by atoms with Crippen molar-refractivity contribution < 1.29 is 5.11 Å². The predicted molar refractivity (Wildman–Crippen MR) is 86.1 cm³/mol. The van der Waals surface area contributed by atoms with E-state index in [0.717, 1.165) is 11.7 Å². The first kappa shape index (κ1) is 14.8. The van der Waals surface area contributed by atoms with E-state index in [-0.39, 0.29) is 17.6 Å². The van der Waals surface area contributed by atoms with Crippen LogP contribution in [0.4, 0.5) is 5.82 Å². The van der Waals surface area contributed by atoms with Crippen molar-refractivity contribution in [2.24, 2.45) is 17.3 Å². The Morgan fingerprint density at radius 1 is 1.24 bits per heavy atom. The monoisotopic (exact) mass is 288 g/mol. The highest BCUT2D eigenvalue weighted by molar-refractivity contribution is 5.37. The van der Waals surface area contributed by atoms with Crippen molar-refractivity contribution in [1.82, 2.24) is 4.98 Å². The van der Waals surface area contributed by atoms with Crippen LogP contribution in [0.15, 0.2) is 24.4 Å². The van der Waals surface area contributed by atoms with E-state index in [4.69, 9.17) is 0 Å². The molecule has 1 spiro atoms. The van der Waals surface area contributed by atoms with Crippen molar-refractivity contribution >= 4 is 5.82 Å². The second-order valence-electron chi connectivity index (χ2n) is 7.01. The van der Waals surface area contributed by atoms with Gasteiger partial charge in [0.2, 0.25) is 0 Å². The topological polar surface area (TPSA) is 45.1 Å². The van der Waals surface area contributed by atoms with Gasteiger partial charge in [0.1, 0.15) is 5.82 Å². The van der Waals surface area contributed by atoms with Crippen molar-refractivity contribution in [3.63, 3.8) is 0 Å². The van der Waals surface area contributed by atoms with E-state index in [1.165, 1.54) is 38.5 Å². The zero-order valence-corrected chi connectivity index (χ0v) is 13.3. The summed E-state index contributed by atoms with van der Waals surface area (Å²) in [6, 6.07) is 6.09. The number of nitrogens with one attached hydrogen (secondary N) is 1. The minimum atomic E-state index is -0.215. The van der Waals surface area contributed by atoms with Gasteiger partial charge in [0, 0.05) is 11.6 Å². The van der Waals surface area contributed by atoms with Gasteiger partial charge in [-0.3, -0.25) is 0 Å². The lowest BCUT2D eigenvalue weighted by Crippen LogP contribution is -2.37. The Balaban J connectivity index is 1.74. The molecule has 0 amide bonds. The van der Waals surface area contributed by atoms with Gasteiger partial charge in [-0.2, -0.15) is 0 Å². The molecule has 3 nitrogen and oxygen atoms in total. The maximum Gasteiger partial charge on any atom is 0.126 e. The highest BCUT2D eigenvalue weighted by Crippen LogP contribution is 2.66. The van der Waals surface area contributed by atoms with Crippen LogP contribution in [-0.4, -0.2) is 22.2 Å². The molecule has 3 rings (SSSR count). The van der Waals surface area contributed by atoms with Gasteiger partial charge in [0.25, 0.3) is 0 Å². The third-order valence-electron chi connectivity index (χ3n) is 5.63. The van der Waals surface area contributed by atoms with Gasteiger partial charge in [0.05, 0.1) is 12.1 Å². The van der Waals surface area contributed by atoms with E-state index in [0.29, 0.717) is 5.92 Å². The van der Waals surface area contributed by atoms with Crippen molar-refractivity contribution in [3.8, 4) is 0 Å². The zero-order chi connectivity index (χ0) is 14.9. The smallest absolute Gasteiger partial charge is 0.126 e. The molecule has 2 N–H and O–H groups in total. The first-order valence-corrected chi connectivity index (χ1v) is 8.57. The Labute approximate surface area is 128 Å². The van der Waals surface area contributed by atoms with Gasteiger partial charge in [-0.1, -0.05) is 39.2 Å². The van der Waals surface area contributed by atoms with Crippen LogP contribution in [0.25, 0.3) is 0 Å². The van der Waals surface area contributed by atoms with E-state index in [9.17, 15) is 5.11 Å². The van der Waals surface area contributed by atoms with E-state index in [1.807, 2.05) is 24.4 Å². The van der Waals surface area contributed by atoms with Gasteiger partial charge in [-0.15, -0.1) is 0 Å². The maximum atomic E-state index is 10.9. The standard InChI is InChI=1S/C18H28N2O/c1-3-7-13-11-18(12-14(18)8-4-2)17(21)16(13)20-15-9-5-6-10-19-15/h5-6,9-10,13-14,16-17,21H,3-4,7-8,11-12H2,1-2H3,(H,19,20). The fraction of sp³-hybridized carbons (Fsp3) is 0.722. The van der Waals surface area contributed by atoms with Crippen molar-refractivity contribution in [2.75, 3.05) is 5.32 Å². The summed E-state index contributed by atoms with van der Waals surface area (Å²) in [6.07, 6.45) is 8.90. The summed E-state index contributed by atoms with van der Waals surface area (Å²) in [5.74, 6) is 2.22. The average Bonchev–Trinajstić information content (AvgIpc) is 3.12. The van der Waals surface area contributed by atoms with Crippen LogP contribution < -0.4 is 5.32 Å². The molecule has 1 aromatic rings. The van der Waals surface area contributed by atoms with Crippen molar-refractivity contribution in [1.29, 1.82) is 0 Å². The van der Waals surface area contributed by atoms with Gasteiger partial charge >= 0.3 is 0 Å². The molecule has 1 heterocycles. The number of rotatable bonds is 6. The van der Waals surface area contributed by atoms with Crippen LogP contribution in [0.1, 0.15) is 52.4 Å². The van der Waals surface area contributed by atoms with E-state index < -0.39 is 0 Å². The molecule has 0 saturated heterocycles. The second kappa shape index (κ2) is 5.96. The second-order valence-corrected chi connectivity index (χ2v) is 7.01. The molecule has 5 unspecified atom stereocenters. The molecule has 0 aromatic carbocycles. The molecule has 21 heavy (non-hydrogen) atoms. The minimum Gasteiger partial charge on any atom is -0.390 e. The Morgan fingerprint density at radius 2 is 2.05 bits per heavy atom. The number of aliphatic hydroxyl groups is 1. The number of aromatic nitrogens is 1.